The summed E-state index contributed by atoms with van der Waals surface area (Å²) in [6, 6.07) is 14.2. The van der Waals surface area contributed by atoms with Crippen LogP contribution in [0.5, 0.6) is 0 Å². The quantitative estimate of drug-likeness (QED) is 0.761. The summed E-state index contributed by atoms with van der Waals surface area (Å²) in [5.41, 5.74) is 3.01. The molecule has 18 heavy (non-hydrogen) atoms. The van der Waals surface area contributed by atoms with Crippen LogP contribution in [0.2, 0.25) is 0 Å². The molecule has 3 nitrogen and oxygen atoms in total. The van der Waals surface area contributed by atoms with Gasteiger partial charge in [0.25, 0.3) is 0 Å². The van der Waals surface area contributed by atoms with Crippen LogP contribution >= 0.6 is 0 Å². The molecule has 3 rings (SSSR count). The Kier molecular flexibility index (Phi) is 2.82. The maximum Gasteiger partial charge on any atom is 0.126 e. The molecular formula is C15H14N2O. The molecule has 0 radical (unpaired) electrons. The number of hydrogen-bond acceptors (Lipinski definition) is 3. The fourth-order valence-electron chi connectivity index (χ4n) is 2.08. The van der Waals surface area contributed by atoms with Crippen molar-refractivity contribution in [1.82, 2.24) is 10.3 Å². The molecule has 3 heteroatoms. The SMILES string of the molecule is CNCc1occc1-c1ccc2ccccc2n1. The third kappa shape index (κ3) is 1.89. The van der Waals surface area contributed by atoms with Crippen LogP contribution in [0, 0.1) is 0 Å². The Morgan fingerprint density at radius 2 is 2.00 bits per heavy atom. The van der Waals surface area contributed by atoms with Crippen LogP contribution in [-0.2, 0) is 6.54 Å². The van der Waals surface area contributed by atoms with Gasteiger partial charge in [-0.15, -0.1) is 0 Å². The van der Waals surface area contributed by atoms with Crippen molar-refractivity contribution in [2.24, 2.45) is 0 Å². The largest absolute Gasteiger partial charge is 0.467 e. The summed E-state index contributed by atoms with van der Waals surface area (Å²) in [6.45, 7) is 0.705. The normalized spacial score (nSPS) is 10.9. The van der Waals surface area contributed by atoms with E-state index in [2.05, 4.69) is 22.4 Å². The van der Waals surface area contributed by atoms with Crippen molar-refractivity contribution in [3.05, 3.63) is 54.5 Å². The van der Waals surface area contributed by atoms with Gasteiger partial charge in [-0.05, 0) is 25.2 Å². The summed E-state index contributed by atoms with van der Waals surface area (Å²) in [5.74, 6) is 0.917. The molecule has 1 N–H and O–H groups in total. The third-order valence-electron chi connectivity index (χ3n) is 2.96. The topological polar surface area (TPSA) is 38.1 Å². The Bertz CT molecular complexity index is 673. The zero-order valence-electron chi connectivity index (χ0n) is 10.2. The summed E-state index contributed by atoms with van der Waals surface area (Å²) in [5, 5.41) is 4.25. The maximum absolute atomic E-state index is 5.47. The van der Waals surface area contributed by atoms with Gasteiger partial charge < -0.3 is 9.73 Å². The standard InChI is InChI=1S/C15H14N2O/c1-16-10-15-12(8-9-18-15)14-7-6-11-4-2-3-5-13(11)17-14/h2-9,16H,10H2,1H3. The summed E-state index contributed by atoms with van der Waals surface area (Å²) >= 11 is 0. The predicted molar refractivity (Wildman–Crippen MR) is 72.2 cm³/mol. The summed E-state index contributed by atoms with van der Waals surface area (Å²) in [7, 11) is 1.90. The van der Waals surface area contributed by atoms with Gasteiger partial charge in [0, 0.05) is 10.9 Å². The molecule has 0 saturated carbocycles. The first-order valence-electron chi connectivity index (χ1n) is 5.95. The van der Waals surface area contributed by atoms with Crippen molar-refractivity contribution >= 4 is 10.9 Å². The number of pyridine rings is 1. The molecule has 0 saturated heterocycles. The molecule has 0 aliphatic heterocycles. The van der Waals surface area contributed by atoms with E-state index in [4.69, 9.17) is 4.42 Å². The van der Waals surface area contributed by atoms with Crippen molar-refractivity contribution < 1.29 is 4.42 Å². The van der Waals surface area contributed by atoms with Gasteiger partial charge >= 0.3 is 0 Å². The number of rotatable bonds is 3. The van der Waals surface area contributed by atoms with Crippen LogP contribution < -0.4 is 5.32 Å². The number of nitrogens with zero attached hydrogens (tertiary/aromatic N) is 1. The van der Waals surface area contributed by atoms with Crippen LogP contribution in [0.15, 0.2) is 53.1 Å². The zero-order valence-corrected chi connectivity index (χ0v) is 10.2. The predicted octanol–water partition coefficient (Wildman–Crippen LogP) is 3.21. The number of fused-ring (bicyclic) bond motifs is 1. The molecule has 0 spiro atoms. The van der Waals surface area contributed by atoms with Crippen LogP contribution in [0.1, 0.15) is 5.76 Å². The minimum atomic E-state index is 0.705. The van der Waals surface area contributed by atoms with E-state index in [0.29, 0.717) is 6.54 Å². The van der Waals surface area contributed by atoms with Crippen molar-refractivity contribution in [2.75, 3.05) is 7.05 Å². The lowest BCUT2D eigenvalue weighted by molar-refractivity contribution is 0.496. The maximum atomic E-state index is 5.47. The van der Waals surface area contributed by atoms with Crippen LogP contribution in [-0.4, -0.2) is 12.0 Å². The lowest BCUT2D eigenvalue weighted by Gasteiger charge is -2.03. The summed E-state index contributed by atoms with van der Waals surface area (Å²) in [6.07, 6.45) is 1.71. The van der Waals surface area contributed by atoms with Crippen LogP contribution in [0.3, 0.4) is 0 Å². The molecule has 1 aromatic carbocycles. The van der Waals surface area contributed by atoms with Gasteiger partial charge in [-0.3, -0.25) is 0 Å². The fourth-order valence-corrected chi connectivity index (χ4v) is 2.08. The van der Waals surface area contributed by atoms with E-state index in [1.807, 2.05) is 37.4 Å². The Labute approximate surface area is 105 Å². The second-order valence-corrected chi connectivity index (χ2v) is 4.18. The van der Waals surface area contributed by atoms with Gasteiger partial charge in [0.2, 0.25) is 0 Å². The molecule has 0 atom stereocenters. The number of furan rings is 1. The summed E-state index contributed by atoms with van der Waals surface area (Å²) < 4.78 is 5.47. The van der Waals surface area contributed by atoms with E-state index in [0.717, 1.165) is 27.9 Å². The van der Waals surface area contributed by atoms with Gasteiger partial charge in [-0.1, -0.05) is 24.3 Å². The van der Waals surface area contributed by atoms with Gasteiger partial charge in [-0.2, -0.15) is 0 Å². The first-order chi connectivity index (χ1) is 8.88. The van der Waals surface area contributed by atoms with E-state index < -0.39 is 0 Å². The van der Waals surface area contributed by atoms with Crippen molar-refractivity contribution in [2.45, 2.75) is 6.54 Å². The Morgan fingerprint density at radius 1 is 1.11 bits per heavy atom. The fraction of sp³-hybridized carbons (Fsp3) is 0.133. The molecule has 0 fully saturated rings. The first kappa shape index (κ1) is 11.0. The monoisotopic (exact) mass is 238 g/mol. The molecule has 2 heterocycles. The minimum Gasteiger partial charge on any atom is -0.467 e. The number of benzene rings is 1. The van der Waals surface area contributed by atoms with Crippen LogP contribution in [0.4, 0.5) is 0 Å². The molecule has 0 bridgehead atoms. The second kappa shape index (κ2) is 4.63. The van der Waals surface area contributed by atoms with Crippen molar-refractivity contribution in [3.8, 4) is 11.3 Å². The third-order valence-corrected chi connectivity index (χ3v) is 2.96. The zero-order chi connectivity index (χ0) is 12.4. The second-order valence-electron chi connectivity index (χ2n) is 4.18. The Morgan fingerprint density at radius 3 is 2.89 bits per heavy atom. The number of para-hydroxylation sites is 1. The average Bonchev–Trinajstić information content (AvgIpc) is 2.87. The smallest absolute Gasteiger partial charge is 0.126 e. The molecule has 90 valence electrons. The highest BCUT2D eigenvalue weighted by Gasteiger charge is 2.09. The van der Waals surface area contributed by atoms with Gasteiger partial charge in [0.1, 0.15) is 5.76 Å². The van der Waals surface area contributed by atoms with Gasteiger partial charge in [-0.25, -0.2) is 4.98 Å². The first-order valence-corrected chi connectivity index (χ1v) is 5.95. The number of aromatic nitrogens is 1. The van der Waals surface area contributed by atoms with E-state index in [1.165, 1.54) is 0 Å². The molecule has 0 unspecified atom stereocenters. The highest BCUT2D eigenvalue weighted by atomic mass is 16.3. The summed E-state index contributed by atoms with van der Waals surface area (Å²) in [4.78, 5) is 4.67. The van der Waals surface area contributed by atoms with E-state index in [-0.39, 0.29) is 0 Å². The molecule has 2 aromatic heterocycles. The van der Waals surface area contributed by atoms with Gasteiger partial charge in [0.05, 0.1) is 24.0 Å². The van der Waals surface area contributed by atoms with Crippen LogP contribution in [0.25, 0.3) is 22.2 Å². The Hall–Kier alpha value is -2.13. The molecule has 0 aliphatic carbocycles. The molecule has 0 aliphatic rings. The minimum absolute atomic E-state index is 0.705. The Balaban J connectivity index is 2.10. The average molecular weight is 238 g/mol. The lowest BCUT2D eigenvalue weighted by Crippen LogP contribution is -2.05. The van der Waals surface area contributed by atoms with E-state index >= 15 is 0 Å². The number of nitrogens with one attached hydrogen (secondary N) is 1. The number of hydrogen-bond donors (Lipinski definition) is 1. The van der Waals surface area contributed by atoms with Crippen molar-refractivity contribution in [3.63, 3.8) is 0 Å². The van der Waals surface area contributed by atoms with Crippen molar-refractivity contribution in [1.29, 1.82) is 0 Å². The molecule has 0 amide bonds. The van der Waals surface area contributed by atoms with E-state index in [9.17, 15) is 0 Å². The highest BCUT2D eigenvalue weighted by molar-refractivity contribution is 5.81. The molecule has 3 aromatic rings. The van der Waals surface area contributed by atoms with E-state index in [1.54, 1.807) is 6.26 Å². The van der Waals surface area contributed by atoms with Gasteiger partial charge in [0.15, 0.2) is 0 Å². The highest BCUT2D eigenvalue weighted by Crippen LogP contribution is 2.25. The molecular weight excluding hydrogens is 224 g/mol. The lowest BCUT2D eigenvalue weighted by atomic mass is 10.1.